The van der Waals surface area contributed by atoms with Crippen LogP contribution in [0, 0.1) is 0 Å². The molecule has 3 heterocycles. The second-order valence-electron chi connectivity index (χ2n) is 11.1. The number of aromatic nitrogens is 3. The Hall–Kier alpha value is -2.51. The van der Waals surface area contributed by atoms with E-state index in [-0.39, 0.29) is 22.8 Å². The fourth-order valence-corrected chi connectivity index (χ4v) is 4.98. The van der Waals surface area contributed by atoms with Gasteiger partial charge in [-0.25, -0.2) is 0 Å². The van der Waals surface area contributed by atoms with E-state index in [4.69, 9.17) is 9.84 Å². The zero-order chi connectivity index (χ0) is 24.5. The first-order chi connectivity index (χ1) is 16.0. The van der Waals surface area contributed by atoms with Gasteiger partial charge in [0.2, 0.25) is 0 Å². The van der Waals surface area contributed by atoms with Crippen molar-refractivity contribution in [3.05, 3.63) is 69.2 Å². The molecule has 6 nitrogen and oxygen atoms in total. The van der Waals surface area contributed by atoms with Crippen molar-refractivity contribution in [1.29, 1.82) is 0 Å². The van der Waals surface area contributed by atoms with E-state index in [1.807, 2.05) is 36.4 Å². The summed E-state index contributed by atoms with van der Waals surface area (Å²) in [7, 11) is 0. The lowest BCUT2D eigenvalue weighted by Crippen LogP contribution is -2.24. The van der Waals surface area contributed by atoms with Crippen LogP contribution in [-0.2, 0) is 28.7 Å². The van der Waals surface area contributed by atoms with Crippen LogP contribution >= 0.6 is 11.3 Å². The molecule has 1 aliphatic heterocycles. The van der Waals surface area contributed by atoms with E-state index in [1.165, 1.54) is 4.88 Å². The molecule has 1 aliphatic rings. The van der Waals surface area contributed by atoms with Crippen LogP contribution < -0.4 is 4.80 Å². The molecule has 1 amide bonds. The molecule has 0 N–H and O–H groups in total. The molecule has 0 bridgehead atoms. The third-order valence-electron chi connectivity index (χ3n) is 6.02. The van der Waals surface area contributed by atoms with Crippen LogP contribution in [0.25, 0.3) is 0 Å². The number of benzene rings is 1. The van der Waals surface area contributed by atoms with Gasteiger partial charge in [-0.15, -0.1) is 11.3 Å². The molecule has 1 atom stereocenters. The largest absolute Gasteiger partial charge is 0.376 e. The molecule has 0 aliphatic carbocycles. The summed E-state index contributed by atoms with van der Waals surface area (Å²) in [5.41, 5.74) is 2.31. The predicted molar refractivity (Wildman–Crippen MR) is 136 cm³/mol. The van der Waals surface area contributed by atoms with Crippen LogP contribution in [0.5, 0.6) is 0 Å². The van der Waals surface area contributed by atoms with Crippen molar-refractivity contribution in [2.24, 2.45) is 4.99 Å². The van der Waals surface area contributed by atoms with Gasteiger partial charge in [0.25, 0.3) is 5.91 Å². The smallest absolute Gasteiger partial charge is 0.297 e. The number of amides is 1. The zero-order valence-electron chi connectivity index (χ0n) is 21.2. The second-order valence-corrected chi connectivity index (χ2v) is 12.1. The lowest BCUT2D eigenvalue weighted by molar-refractivity contribution is 0.0946. The SMILES string of the molecule is CC(C)(C)c1cc(C(=O)/N=c2\sc(C(C)(C)C)cn2C[C@H]2CCCO2)n(Cc2ccccc2)n1. The number of hydrogen-bond donors (Lipinski definition) is 0. The maximum atomic E-state index is 13.5. The lowest BCUT2D eigenvalue weighted by Gasteiger charge is -2.15. The van der Waals surface area contributed by atoms with Gasteiger partial charge in [-0.1, -0.05) is 71.9 Å². The minimum atomic E-state index is -0.262. The summed E-state index contributed by atoms with van der Waals surface area (Å²) in [6.07, 6.45) is 4.44. The number of rotatable bonds is 5. The summed E-state index contributed by atoms with van der Waals surface area (Å²) in [6.45, 7) is 14.9. The molecular formula is C27H36N4O2S. The molecule has 182 valence electrons. The van der Waals surface area contributed by atoms with Gasteiger partial charge in [-0.05, 0) is 29.9 Å². The minimum Gasteiger partial charge on any atom is -0.376 e. The maximum absolute atomic E-state index is 13.5. The van der Waals surface area contributed by atoms with Crippen LogP contribution in [-0.4, -0.2) is 33.0 Å². The number of hydrogen-bond acceptors (Lipinski definition) is 4. The van der Waals surface area contributed by atoms with Gasteiger partial charge in [-0.2, -0.15) is 10.1 Å². The van der Waals surface area contributed by atoms with Crippen LogP contribution in [0.1, 0.15) is 81.0 Å². The zero-order valence-corrected chi connectivity index (χ0v) is 22.0. The highest BCUT2D eigenvalue weighted by Crippen LogP contribution is 2.26. The second kappa shape index (κ2) is 9.62. The topological polar surface area (TPSA) is 61.4 Å². The van der Waals surface area contributed by atoms with Gasteiger partial charge in [0.1, 0.15) is 5.69 Å². The summed E-state index contributed by atoms with van der Waals surface area (Å²) in [5, 5.41) is 4.80. The Bertz CT molecular complexity index is 1200. The van der Waals surface area contributed by atoms with Crippen LogP contribution in [0.3, 0.4) is 0 Å². The van der Waals surface area contributed by atoms with Crippen LogP contribution in [0.15, 0.2) is 47.6 Å². The van der Waals surface area contributed by atoms with E-state index < -0.39 is 0 Å². The fraction of sp³-hybridized carbons (Fsp3) is 0.519. The first-order valence-electron chi connectivity index (χ1n) is 12.0. The molecule has 1 fully saturated rings. The fourth-order valence-electron chi connectivity index (χ4n) is 3.93. The molecule has 0 unspecified atom stereocenters. The Kier molecular flexibility index (Phi) is 6.97. The molecule has 1 aromatic carbocycles. The minimum absolute atomic E-state index is 0.0196. The van der Waals surface area contributed by atoms with Gasteiger partial charge < -0.3 is 9.30 Å². The predicted octanol–water partition coefficient (Wildman–Crippen LogP) is 5.31. The summed E-state index contributed by atoms with van der Waals surface area (Å²) >= 11 is 1.59. The van der Waals surface area contributed by atoms with E-state index >= 15 is 0 Å². The summed E-state index contributed by atoms with van der Waals surface area (Å²) in [5.74, 6) is -0.262. The monoisotopic (exact) mass is 480 g/mol. The highest BCUT2D eigenvalue weighted by Gasteiger charge is 2.25. The Morgan fingerprint density at radius 2 is 1.88 bits per heavy atom. The average Bonchev–Trinajstić information content (AvgIpc) is 3.49. The van der Waals surface area contributed by atoms with E-state index in [9.17, 15) is 4.79 Å². The first kappa shape index (κ1) is 24.6. The van der Waals surface area contributed by atoms with Gasteiger partial charge in [0.15, 0.2) is 4.80 Å². The summed E-state index contributed by atoms with van der Waals surface area (Å²) in [4.78, 5) is 20.1. The molecule has 2 aromatic heterocycles. The third-order valence-corrected chi connectivity index (χ3v) is 7.47. The van der Waals surface area contributed by atoms with Gasteiger partial charge in [0.05, 0.1) is 24.9 Å². The summed E-state index contributed by atoms with van der Waals surface area (Å²) in [6, 6.07) is 12.0. The number of carbonyl (C=O) groups excluding carboxylic acids is 1. The van der Waals surface area contributed by atoms with Gasteiger partial charge in [-0.3, -0.25) is 9.48 Å². The molecule has 7 heteroatoms. The van der Waals surface area contributed by atoms with Gasteiger partial charge in [0, 0.05) is 23.1 Å². The quantitative estimate of drug-likeness (QED) is 0.497. The number of thiazole rings is 1. The van der Waals surface area contributed by atoms with E-state index in [0.29, 0.717) is 12.2 Å². The molecular weight excluding hydrogens is 444 g/mol. The standard InChI is InChI=1S/C27H36N4O2S/c1-26(2,3)22-15-21(31(29-22)16-19-11-8-7-9-12-19)24(32)28-25-30(17-20-13-10-14-33-20)18-23(34-25)27(4,5)6/h7-9,11-12,15,18,20H,10,13-14,16-17H2,1-6H3/b28-25-/t20-/m1/s1. The molecule has 34 heavy (non-hydrogen) atoms. The number of nitrogens with zero attached hydrogens (tertiary/aromatic N) is 4. The normalized spacial score (nSPS) is 17.5. The first-order valence-corrected chi connectivity index (χ1v) is 12.9. The van der Waals surface area contributed by atoms with Crippen molar-refractivity contribution in [3.8, 4) is 0 Å². The average molecular weight is 481 g/mol. The van der Waals surface area contributed by atoms with E-state index in [0.717, 1.165) is 42.1 Å². The van der Waals surface area contributed by atoms with Crippen molar-refractivity contribution in [1.82, 2.24) is 14.3 Å². The van der Waals surface area contributed by atoms with Crippen molar-refractivity contribution in [2.75, 3.05) is 6.61 Å². The highest BCUT2D eigenvalue weighted by molar-refractivity contribution is 7.09. The van der Waals surface area contributed by atoms with Crippen LogP contribution in [0.4, 0.5) is 0 Å². The Balaban J connectivity index is 1.74. The van der Waals surface area contributed by atoms with Crippen molar-refractivity contribution in [3.63, 3.8) is 0 Å². The molecule has 3 aromatic rings. The Labute approximate surface area is 206 Å². The molecule has 0 radical (unpaired) electrons. The lowest BCUT2D eigenvalue weighted by atomic mass is 9.92. The van der Waals surface area contributed by atoms with Crippen molar-refractivity contribution in [2.45, 2.75) is 84.4 Å². The van der Waals surface area contributed by atoms with Crippen molar-refractivity contribution >= 4 is 17.2 Å². The molecule has 4 rings (SSSR count). The van der Waals surface area contributed by atoms with E-state index in [2.05, 4.69) is 57.3 Å². The highest BCUT2D eigenvalue weighted by atomic mass is 32.1. The van der Waals surface area contributed by atoms with Gasteiger partial charge >= 0.3 is 0 Å². The molecule has 0 saturated carbocycles. The Morgan fingerprint density at radius 1 is 1.15 bits per heavy atom. The summed E-state index contributed by atoms with van der Waals surface area (Å²) < 4.78 is 9.76. The van der Waals surface area contributed by atoms with E-state index in [1.54, 1.807) is 16.0 Å². The molecule has 0 spiro atoms. The van der Waals surface area contributed by atoms with Crippen LogP contribution in [0.2, 0.25) is 0 Å². The number of carbonyl (C=O) groups is 1. The van der Waals surface area contributed by atoms with Crippen molar-refractivity contribution < 1.29 is 9.53 Å². The maximum Gasteiger partial charge on any atom is 0.297 e. The Morgan fingerprint density at radius 3 is 2.50 bits per heavy atom. The number of ether oxygens (including phenoxy) is 1. The molecule has 1 saturated heterocycles. The third kappa shape index (κ3) is 5.76.